The van der Waals surface area contributed by atoms with E-state index in [0.717, 1.165) is 11.0 Å². The van der Waals surface area contributed by atoms with Crippen LogP contribution in [0.4, 0.5) is 0 Å². The smallest absolute Gasteiger partial charge is 0.249 e. The lowest BCUT2D eigenvalue weighted by Gasteiger charge is -2.09. The summed E-state index contributed by atoms with van der Waals surface area (Å²) in [4.78, 5) is 7.83. The Morgan fingerprint density at radius 1 is 1.19 bits per heavy atom. The van der Waals surface area contributed by atoms with E-state index >= 15 is 0 Å². The van der Waals surface area contributed by atoms with Crippen molar-refractivity contribution in [3.8, 4) is 0 Å². The zero-order chi connectivity index (χ0) is 18.6. The standard InChI is InChI=1S/C20H18N3O2S/c1-3-4-9-16(20-22-18-11-5-6-12-19(18)23-20)14-21-26(24,25)17-10-7-8-15(2)13-17/h3-14,21H,1-2H2,(H,22,23)/q-1/b9-4-,16-14-. The van der Waals surface area contributed by atoms with E-state index in [1.165, 1.54) is 18.3 Å². The van der Waals surface area contributed by atoms with Crippen LogP contribution < -0.4 is 4.72 Å². The molecular weight excluding hydrogens is 346 g/mol. The minimum Gasteiger partial charge on any atom is -0.338 e. The van der Waals surface area contributed by atoms with Crippen molar-refractivity contribution in [1.82, 2.24) is 14.7 Å². The van der Waals surface area contributed by atoms with Gasteiger partial charge in [-0.05, 0) is 18.2 Å². The van der Waals surface area contributed by atoms with Gasteiger partial charge < -0.3 is 4.98 Å². The van der Waals surface area contributed by atoms with Crippen LogP contribution in [0.1, 0.15) is 11.4 Å². The average molecular weight is 364 g/mol. The number of imidazole rings is 1. The molecule has 0 aliphatic carbocycles. The second-order valence-electron chi connectivity index (χ2n) is 5.57. The lowest BCUT2D eigenvalue weighted by Crippen LogP contribution is -2.18. The monoisotopic (exact) mass is 364 g/mol. The van der Waals surface area contributed by atoms with E-state index in [2.05, 4.69) is 28.2 Å². The van der Waals surface area contributed by atoms with Gasteiger partial charge in [-0.2, -0.15) is 18.6 Å². The molecule has 0 saturated carbocycles. The maximum absolute atomic E-state index is 12.5. The Balaban J connectivity index is 1.97. The molecule has 26 heavy (non-hydrogen) atoms. The molecule has 132 valence electrons. The van der Waals surface area contributed by atoms with Crippen LogP contribution in [0.2, 0.25) is 0 Å². The Morgan fingerprint density at radius 3 is 2.73 bits per heavy atom. The lowest BCUT2D eigenvalue weighted by molar-refractivity contribution is 0.590. The predicted molar refractivity (Wildman–Crippen MR) is 105 cm³/mol. The largest absolute Gasteiger partial charge is 0.338 e. The summed E-state index contributed by atoms with van der Waals surface area (Å²) >= 11 is 0. The van der Waals surface area contributed by atoms with Crippen LogP contribution in [0, 0.1) is 6.92 Å². The van der Waals surface area contributed by atoms with E-state index in [1.807, 2.05) is 24.3 Å². The highest BCUT2D eigenvalue weighted by Crippen LogP contribution is 2.18. The van der Waals surface area contributed by atoms with E-state index in [0.29, 0.717) is 17.0 Å². The molecule has 0 unspecified atom stereocenters. The lowest BCUT2D eigenvalue weighted by atomic mass is 10.2. The average Bonchev–Trinajstić information content (AvgIpc) is 3.05. The van der Waals surface area contributed by atoms with Gasteiger partial charge in [0.1, 0.15) is 5.82 Å². The van der Waals surface area contributed by atoms with Crippen LogP contribution >= 0.6 is 0 Å². The molecule has 0 atom stereocenters. The number of allylic oxidation sites excluding steroid dienone is 4. The fourth-order valence-corrected chi connectivity index (χ4v) is 3.36. The Hall–Kier alpha value is -3.25. The fraction of sp³-hybridized carbons (Fsp3) is 0. The molecule has 6 heteroatoms. The van der Waals surface area contributed by atoms with E-state index in [1.54, 1.807) is 30.4 Å². The number of H-pyrrole nitrogens is 1. The summed E-state index contributed by atoms with van der Waals surface area (Å²) < 4.78 is 27.5. The summed E-state index contributed by atoms with van der Waals surface area (Å²) in [5, 5.41) is 0. The maximum Gasteiger partial charge on any atom is 0.249 e. The minimum atomic E-state index is -3.71. The highest BCUT2D eigenvalue weighted by Gasteiger charge is 2.11. The van der Waals surface area contributed by atoms with Crippen molar-refractivity contribution in [2.45, 2.75) is 4.90 Å². The highest BCUT2D eigenvalue weighted by molar-refractivity contribution is 7.89. The van der Waals surface area contributed by atoms with Gasteiger partial charge >= 0.3 is 0 Å². The van der Waals surface area contributed by atoms with Gasteiger partial charge in [-0.15, -0.1) is 12.1 Å². The first kappa shape index (κ1) is 17.6. The van der Waals surface area contributed by atoms with E-state index in [-0.39, 0.29) is 4.90 Å². The second-order valence-corrected chi connectivity index (χ2v) is 7.28. The topological polar surface area (TPSA) is 74.8 Å². The molecule has 0 aliphatic rings. The first-order valence-corrected chi connectivity index (χ1v) is 9.37. The van der Waals surface area contributed by atoms with Crippen molar-refractivity contribution >= 4 is 26.6 Å². The van der Waals surface area contributed by atoms with Gasteiger partial charge in [0.05, 0.1) is 11.0 Å². The van der Waals surface area contributed by atoms with Gasteiger partial charge in [0, 0.05) is 16.7 Å². The van der Waals surface area contributed by atoms with Crippen LogP contribution in [0.3, 0.4) is 0 Å². The number of nitrogens with zero attached hydrogens (tertiary/aromatic N) is 1. The molecular formula is C20H18N3O2S-. The first-order chi connectivity index (χ1) is 12.5. The third kappa shape index (κ3) is 3.87. The zero-order valence-electron chi connectivity index (χ0n) is 14.0. The first-order valence-electron chi connectivity index (χ1n) is 7.88. The summed E-state index contributed by atoms with van der Waals surface area (Å²) in [5.74, 6) is 0.554. The van der Waals surface area contributed by atoms with Crippen molar-refractivity contribution in [1.29, 1.82) is 0 Å². The van der Waals surface area contributed by atoms with E-state index < -0.39 is 10.0 Å². The molecule has 0 fully saturated rings. The molecule has 2 aromatic carbocycles. The van der Waals surface area contributed by atoms with Crippen molar-refractivity contribution in [2.24, 2.45) is 0 Å². The van der Waals surface area contributed by atoms with E-state index in [4.69, 9.17) is 0 Å². The number of nitrogens with one attached hydrogen (secondary N) is 2. The summed E-state index contributed by atoms with van der Waals surface area (Å²) in [6, 6.07) is 14.0. The molecule has 1 aromatic heterocycles. The quantitative estimate of drug-likeness (QED) is 0.516. The van der Waals surface area contributed by atoms with Crippen molar-refractivity contribution in [3.63, 3.8) is 0 Å². The van der Waals surface area contributed by atoms with Gasteiger partial charge in [0.25, 0.3) is 0 Å². The van der Waals surface area contributed by atoms with Crippen molar-refractivity contribution < 1.29 is 8.42 Å². The normalized spacial score (nSPS) is 12.5. The number of para-hydroxylation sites is 2. The minimum absolute atomic E-state index is 0.151. The molecule has 0 bridgehead atoms. The summed E-state index contributed by atoms with van der Waals surface area (Å²) in [6.07, 6.45) is 6.45. The number of rotatable bonds is 6. The maximum atomic E-state index is 12.5. The van der Waals surface area contributed by atoms with Crippen LogP contribution in [-0.2, 0) is 10.0 Å². The van der Waals surface area contributed by atoms with Crippen molar-refractivity contribution in [2.75, 3.05) is 0 Å². The molecule has 0 radical (unpaired) electrons. The van der Waals surface area contributed by atoms with Gasteiger partial charge in [-0.3, -0.25) is 4.72 Å². The zero-order valence-corrected chi connectivity index (χ0v) is 14.8. The van der Waals surface area contributed by atoms with Crippen LogP contribution in [-0.4, -0.2) is 18.4 Å². The number of hydrogen-bond donors (Lipinski definition) is 2. The Bertz CT molecular complexity index is 1080. The molecule has 0 amide bonds. The molecule has 5 nitrogen and oxygen atoms in total. The predicted octanol–water partition coefficient (Wildman–Crippen LogP) is 3.81. The summed E-state index contributed by atoms with van der Waals surface area (Å²) in [7, 11) is -3.71. The fourth-order valence-electron chi connectivity index (χ4n) is 2.38. The van der Waals surface area contributed by atoms with Gasteiger partial charge in [-0.1, -0.05) is 36.9 Å². The van der Waals surface area contributed by atoms with Crippen LogP contribution in [0.15, 0.2) is 84.4 Å². The molecule has 3 aromatic rings. The van der Waals surface area contributed by atoms with Gasteiger partial charge in [0.2, 0.25) is 10.0 Å². The number of aromatic amines is 1. The molecule has 0 spiro atoms. The van der Waals surface area contributed by atoms with Gasteiger partial charge in [-0.25, -0.2) is 13.4 Å². The number of aromatic nitrogens is 2. The number of fused-ring (bicyclic) bond motifs is 1. The SMILES string of the molecule is C=C/C=C\C(=C\NS(=O)(=O)c1cccc([CH2-])c1)c1nc2ccccc2[nH]1. The summed E-state index contributed by atoms with van der Waals surface area (Å²) in [5.41, 5.74) is 2.87. The van der Waals surface area contributed by atoms with E-state index in [9.17, 15) is 8.42 Å². The molecule has 3 rings (SSSR count). The second kappa shape index (κ2) is 7.33. The number of sulfonamides is 1. The Kier molecular flexibility index (Phi) is 4.95. The van der Waals surface area contributed by atoms with Crippen molar-refractivity contribution in [3.05, 3.63) is 97.8 Å². The third-order valence-electron chi connectivity index (χ3n) is 3.65. The Labute approximate surface area is 152 Å². The Morgan fingerprint density at radius 2 is 2.00 bits per heavy atom. The van der Waals surface area contributed by atoms with Gasteiger partial charge in [0.15, 0.2) is 0 Å². The third-order valence-corrected chi connectivity index (χ3v) is 4.96. The van der Waals surface area contributed by atoms with Crippen LogP contribution in [0.5, 0.6) is 0 Å². The molecule has 0 saturated heterocycles. The highest BCUT2D eigenvalue weighted by atomic mass is 32.2. The molecule has 0 aliphatic heterocycles. The number of hydrogen-bond acceptors (Lipinski definition) is 3. The number of benzene rings is 2. The molecule has 1 heterocycles. The van der Waals surface area contributed by atoms with Crippen LogP contribution in [0.25, 0.3) is 16.6 Å². The molecule has 2 N–H and O–H groups in total. The summed E-state index contributed by atoms with van der Waals surface area (Å²) in [6.45, 7) is 7.40.